The molecule has 3 amide bonds. The average Bonchev–Trinajstić information content (AvgIpc) is 3.17. The first kappa shape index (κ1) is 21.9. The van der Waals surface area contributed by atoms with Crippen molar-refractivity contribution in [2.75, 3.05) is 29.9 Å². The van der Waals surface area contributed by atoms with Crippen LogP contribution >= 0.6 is 46.3 Å². The van der Waals surface area contributed by atoms with Gasteiger partial charge in [-0.15, -0.1) is 46.3 Å². The number of allylic oxidation sites excluding steroid dienone is 1. The van der Waals surface area contributed by atoms with Crippen LogP contribution < -0.4 is 10.6 Å². The van der Waals surface area contributed by atoms with Crippen molar-refractivity contribution in [3.8, 4) is 0 Å². The predicted octanol–water partition coefficient (Wildman–Crippen LogP) is 1.58. The van der Waals surface area contributed by atoms with E-state index in [0.29, 0.717) is 11.6 Å². The topological polar surface area (TPSA) is 113 Å². The molecule has 13 heteroatoms. The van der Waals surface area contributed by atoms with Gasteiger partial charge in [0.05, 0.1) is 0 Å². The molecule has 1 fully saturated rings. The van der Waals surface area contributed by atoms with Gasteiger partial charge >= 0.3 is 0 Å². The van der Waals surface area contributed by atoms with Gasteiger partial charge in [0.2, 0.25) is 5.91 Å². The number of thioether (sulfide) groups is 1. The minimum absolute atomic E-state index is 0.101. The quantitative estimate of drug-likeness (QED) is 0.266. The van der Waals surface area contributed by atoms with Crippen molar-refractivity contribution in [3.63, 3.8) is 0 Å². The van der Waals surface area contributed by atoms with Crippen molar-refractivity contribution in [1.82, 2.24) is 15.2 Å². The SMILES string of the molecule is CO/N=C(\C(=O)NC1C(=O)N2C(C)=C(CCl)CSC12)c1csc(NC(=O)CCl)n1. The number of hydrogen-bond acceptors (Lipinski definition) is 8. The number of oxime groups is 1. The van der Waals surface area contributed by atoms with Gasteiger partial charge in [0, 0.05) is 22.7 Å². The molecular formula is C16H17Cl2N5O4S2. The smallest absolute Gasteiger partial charge is 0.276 e. The summed E-state index contributed by atoms with van der Waals surface area (Å²) in [6.07, 6.45) is 0. The zero-order valence-corrected chi connectivity index (χ0v) is 18.5. The minimum atomic E-state index is -0.685. The highest BCUT2D eigenvalue weighted by molar-refractivity contribution is 8.00. The van der Waals surface area contributed by atoms with Crippen LogP contribution in [0.2, 0.25) is 0 Å². The van der Waals surface area contributed by atoms with E-state index in [9.17, 15) is 14.4 Å². The second-order valence-electron chi connectivity index (χ2n) is 6.03. The first-order valence-corrected chi connectivity index (χ1v) is 11.3. The Morgan fingerprint density at radius 2 is 2.21 bits per heavy atom. The number of hydrogen-bond donors (Lipinski definition) is 2. The van der Waals surface area contributed by atoms with Crippen LogP contribution in [0.15, 0.2) is 21.8 Å². The standard InChI is InChI=1S/C16H17Cl2N5O4S2/c1-7-8(3-17)5-28-15-12(14(26)23(7)15)21-13(25)11(22-27-2)9-6-29-16(19-9)20-10(24)4-18/h6,12,15H,3-5H2,1-2H3,(H,21,25)(H,19,20,24)/b22-11-. The van der Waals surface area contributed by atoms with Crippen molar-refractivity contribution in [3.05, 3.63) is 22.3 Å². The van der Waals surface area contributed by atoms with Gasteiger partial charge in [0.1, 0.15) is 30.1 Å². The number of halogens is 2. The molecule has 0 saturated carbocycles. The first-order valence-electron chi connectivity index (χ1n) is 8.34. The highest BCUT2D eigenvalue weighted by Gasteiger charge is 2.51. The molecule has 0 bridgehead atoms. The number of fused-ring (bicyclic) bond motifs is 1. The van der Waals surface area contributed by atoms with Crippen molar-refractivity contribution >= 4 is 74.9 Å². The van der Waals surface area contributed by atoms with Crippen LogP contribution in [0.25, 0.3) is 0 Å². The number of nitrogens with one attached hydrogen (secondary N) is 2. The third kappa shape index (κ3) is 4.37. The summed E-state index contributed by atoms with van der Waals surface area (Å²) in [4.78, 5) is 47.3. The molecule has 156 valence electrons. The number of rotatable bonds is 7. The van der Waals surface area contributed by atoms with E-state index in [-0.39, 0.29) is 33.7 Å². The molecule has 29 heavy (non-hydrogen) atoms. The van der Waals surface area contributed by atoms with Crippen molar-refractivity contribution in [1.29, 1.82) is 0 Å². The van der Waals surface area contributed by atoms with Gasteiger partial charge in [-0.25, -0.2) is 4.98 Å². The fourth-order valence-corrected chi connectivity index (χ4v) is 5.47. The Bertz CT molecular complexity index is 904. The number of carbonyl (C=O) groups excluding carboxylic acids is 3. The van der Waals surface area contributed by atoms with Gasteiger partial charge in [-0.2, -0.15) is 0 Å². The highest BCUT2D eigenvalue weighted by Crippen LogP contribution is 2.40. The second-order valence-corrected chi connectivity index (χ2v) is 8.52. The normalized spacial score (nSPS) is 21.4. The van der Waals surface area contributed by atoms with Gasteiger partial charge in [0.25, 0.3) is 11.8 Å². The summed E-state index contributed by atoms with van der Waals surface area (Å²) < 4.78 is 0. The summed E-state index contributed by atoms with van der Waals surface area (Å²) in [5.41, 5.74) is 1.95. The maximum Gasteiger partial charge on any atom is 0.276 e. The third-order valence-electron chi connectivity index (χ3n) is 4.30. The Morgan fingerprint density at radius 3 is 2.86 bits per heavy atom. The van der Waals surface area contributed by atoms with Gasteiger partial charge in [-0.1, -0.05) is 5.16 Å². The number of thiazole rings is 1. The molecule has 3 rings (SSSR count). The molecule has 2 N–H and O–H groups in total. The second kappa shape index (κ2) is 9.33. The van der Waals surface area contributed by atoms with E-state index in [1.807, 2.05) is 6.92 Å². The van der Waals surface area contributed by atoms with E-state index >= 15 is 0 Å². The number of carbonyl (C=O) groups is 3. The number of nitrogens with zero attached hydrogens (tertiary/aromatic N) is 3. The van der Waals surface area contributed by atoms with E-state index in [1.165, 1.54) is 7.11 Å². The van der Waals surface area contributed by atoms with Gasteiger partial charge < -0.3 is 15.5 Å². The summed E-state index contributed by atoms with van der Waals surface area (Å²) in [6, 6.07) is -0.685. The van der Waals surface area contributed by atoms with Crippen LogP contribution in [0.1, 0.15) is 12.6 Å². The maximum absolute atomic E-state index is 12.8. The predicted molar refractivity (Wildman–Crippen MR) is 113 cm³/mol. The fourth-order valence-electron chi connectivity index (χ4n) is 2.82. The van der Waals surface area contributed by atoms with Crippen LogP contribution in [0, 0.1) is 0 Å². The van der Waals surface area contributed by atoms with Crippen molar-refractivity contribution in [2.24, 2.45) is 5.16 Å². The van der Waals surface area contributed by atoms with E-state index in [0.717, 1.165) is 22.6 Å². The lowest BCUT2D eigenvalue weighted by Crippen LogP contribution is -2.70. The molecule has 9 nitrogen and oxygen atoms in total. The molecule has 0 aromatic carbocycles. The minimum Gasteiger partial charge on any atom is -0.398 e. The van der Waals surface area contributed by atoms with Crippen LogP contribution in [0.3, 0.4) is 0 Å². The number of anilines is 1. The molecule has 1 aromatic heterocycles. The molecule has 0 aliphatic carbocycles. The van der Waals surface area contributed by atoms with Crippen molar-refractivity contribution in [2.45, 2.75) is 18.3 Å². The summed E-state index contributed by atoms with van der Waals surface area (Å²) >= 11 is 14.0. The highest BCUT2D eigenvalue weighted by atomic mass is 35.5. The van der Waals surface area contributed by atoms with E-state index in [1.54, 1.807) is 22.0 Å². The molecule has 2 unspecified atom stereocenters. The molecule has 1 saturated heterocycles. The molecule has 0 spiro atoms. The Kier molecular flexibility index (Phi) is 7.04. The summed E-state index contributed by atoms with van der Waals surface area (Å²) in [5.74, 6) is -0.380. The average molecular weight is 478 g/mol. The zero-order chi connectivity index (χ0) is 21.1. The zero-order valence-electron chi connectivity index (χ0n) is 15.4. The number of aromatic nitrogens is 1. The summed E-state index contributed by atoms with van der Waals surface area (Å²) in [5, 5.41) is 10.6. The first-order chi connectivity index (χ1) is 13.9. The molecule has 2 atom stereocenters. The summed E-state index contributed by atoms with van der Waals surface area (Å²) in [6.45, 7) is 1.85. The molecular weight excluding hydrogens is 461 g/mol. The molecule has 2 aliphatic heterocycles. The number of β-lactam (4-membered cyclic amide) rings is 1. The number of amides is 3. The van der Waals surface area contributed by atoms with Gasteiger partial charge in [-0.3, -0.25) is 19.3 Å². The lowest BCUT2D eigenvalue weighted by molar-refractivity contribution is -0.145. The van der Waals surface area contributed by atoms with E-state index in [4.69, 9.17) is 28.0 Å². The Hall–Kier alpha value is -1.82. The molecule has 1 aromatic rings. The van der Waals surface area contributed by atoms with Gasteiger partial charge in [0.15, 0.2) is 10.8 Å². The molecule has 0 radical (unpaired) electrons. The number of alkyl halides is 2. The van der Waals surface area contributed by atoms with Crippen LogP contribution in [0.5, 0.6) is 0 Å². The largest absolute Gasteiger partial charge is 0.398 e. The van der Waals surface area contributed by atoms with Crippen LogP contribution in [-0.4, -0.2) is 69.4 Å². The summed E-state index contributed by atoms with van der Waals surface area (Å²) in [7, 11) is 1.30. The molecule has 2 aliphatic rings. The lowest BCUT2D eigenvalue weighted by Gasteiger charge is -2.50. The van der Waals surface area contributed by atoms with Crippen molar-refractivity contribution < 1.29 is 19.2 Å². The Morgan fingerprint density at radius 1 is 1.45 bits per heavy atom. The van der Waals surface area contributed by atoms with Crippen LogP contribution in [-0.2, 0) is 19.2 Å². The maximum atomic E-state index is 12.8. The van der Waals surface area contributed by atoms with E-state index in [2.05, 4.69) is 20.8 Å². The monoisotopic (exact) mass is 477 g/mol. The Labute approximate surface area is 184 Å². The molecule has 3 heterocycles. The fraction of sp³-hybridized carbons (Fsp3) is 0.438. The van der Waals surface area contributed by atoms with Gasteiger partial charge in [-0.05, 0) is 12.5 Å². The van der Waals surface area contributed by atoms with Crippen LogP contribution in [0.4, 0.5) is 5.13 Å². The third-order valence-corrected chi connectivity index (χ3v) is 6.97. The lowest BCUT2D eigenvalue weighted by atomic mass is 10.0. The van der Waals surface area contributed by atoms with E-state index < -0.39 is 17.9 Å². The Balaban J connectivity index is 1.72.